The standard InChI is InChI=1S/C51H35N3O/c1-2-33-48(39-20-13-25-47-50(39)38-19-8-12-24-46(38)55-47)37-18-5-9-21-41(37)52-51(33)54-44-29-27-32(30-40(44)49-34-15-4-3-14-31(34)26-28-45(49)54)53-42-22-10-6-16-35(42)36-17-7-11-23-43(36)53/h3-30,33,48H,2H2,1H3. The first-order valence-electron chi connectivity index (χ1n) is 19.3. The minimum atomic E-state index is 0.0724. The van der Waals surface area contributed by atoms with Gasteiger partial charge in [0.05, 0.1) is 27.8 Å². The van der Waals surface area contributed by atoms with Crippen molar-refractivity contribution in [2.75, 3.05) is 0 Å². The summed E-state index contributed by atoms with van der Waals surface area (Å²) in [4.78, 5) is 5.63. The number of rotatable bonds is 3. The minimum Gasteiger partial charge on any atom is -0.456 e. The third-order valence-corrected chi connectivity index (χ3v) is 12.2. The van der Waals surface area contributed by atoms with Crippen molar-refractivity contribution < 1.29 is 4.42 Å². The maximum atomic E-state index is 6.45. The maximum absolute atomic E-state index is 6.45. The summed E-state index contributed by atoms with van der Waals surface area (Å²) >= 11 is 0. The van der Waals surface area contributed by atoms with Crippen molar-refractivity contribution in [2.24, 2.45) is 10.9 Å². The zero-order valence-corrected chi connectivity index (χ0v) is 30.3. The topological polar surface area (TPSA) is 35.4 Å². The van der Waals surface area contributed by atoms with E-state index in [2.05, 4.69) is 186 Å². The van der Waals surface area contributed by atoms with Crippen molar-refractivity contribution in [2.45, 2.75) is 19.3 Å². The van der Waals surface area contributed by atoms with Gasteiger partial charge in [-0.1, -0.05) is 122 Å². The second kappa shape index (κ2) is 11.5. The van der Waals surface area contributed by atoms with Gasteiger partial charge in [-0.25, -0.2) is 4.99 Å². The fraction of sp³-hybridized carbons (Fsp3) is 0.0784. The molecule has 0 N–H and O–H groups in total. The molecule has 260 valence electrons. The monoisotopic (exact) mass is 705 g/mol. The van der Waals surface area contributed by atoms with E-state index < -0.39 is 0 Å². The average Bonchev–Trinajstić information content (AvgIpc) is 3.90. The van der Waals surface area contributed by atoms with Crippen LogP contribution in [-0.4, -0.2) is 15.0 Å². The van der Waals surface area contributed by atoms with E-state index in [1.54, 1.807) is 0 Å². The van der Waals surface area contributed by atoms with Gasteiger partial charge in [0.1, 0.15) is 17.0 Å². The van der Waals surface area contributed by atoms with E-state index in [-0.39, 0.29) is 11.8 Å². The Morgan fingerprint density at radius 1 is 0.491 bits per heavy atom. The summed E-state index contributed by atoms with van der Waals surface area (Å²) in [5, 5.41) is 9.84. The van der Waals surface area contributed by atoms with Gasteiger partial charge in [-0.2, -0.15) is 0 Å². The van der Waals surface area contributed by atoms with Crippen molar-refractivity contribution in [3.8, 4) is 5.69 Å². The first kappa shape index (κ1) is 30.5. The molecule has 0 amide bonds. The van der Waals surface area contributed by atoms with Crippen LogP contribution in [0.5, 0.6) is 0 Å². The van der Waals surface area contributed by atoms with E-state index in [0.717, 1.165) is 45.7 Å². The summed E-state index contributed by atoms with van der Waals surface area (Å²) < 4.78 is 11.4. The molecule has 4 heterocycles. The fourth-order valence-corrected chi connectivity index (χ4v) is 9.87. The number of hydrogen-bond donors (Lipinski definition) is 0. The molecule has 55 heavy (non-hydrogen) atoms. The molecule has 0 bridgehead atoms. The molecular weight excluding hydrogens is 671 g/mol. The van der Waals surface area contributed by atoms with E-state index in [4.69, 9.17) is 9.41 Å². The zero-order valence-electron chi connectivity index (χ0n) is 30.3. The highest BCUT2D eigenvalue weighted by molar-refractivity contribution is 6.25. The minimum absolute atomic E-state index is 0.0724. The van der Waals surface area contributed by atoms with Crippen LogP contribution in [0, 0.1) is 5.92 Å². The first-order valence-corrected chi connectivity index (χ1v) is 19.3. The van der Waals surface area contributed by atoms with Crippen LogP contribution in [0.4, 0.5) is 5.69 Å². The van der Waals surface area contributed by atoms with Crippen molar-refractivity contribution >= 4 is 87.8 Å². The van der Waals surface area contributed by atoms with Gasteiger partial charge in [0.25, 0.3) is 0 Å². The van der Waals surface area contributed by atoms with Crippen LogP contribution < -0.4 is 0 Å². The molecule has 0 radical (unpaired) electrons. The summed E-state index contributed by atoms with van der Waals surface area (Å²) in [6, 6.07) is 61.7. The van der Waals surface area contributed by atoms with Crippen LogP contribution in [0.15, 0.2) is 179 Å². The lowest BCUT2D eigenvalue weighted by Crippen LogP contribution is -2.31. The normalized spacial score (nSPS) is 15.9. The third kappa shape index (κ3) is 4.25. The molecule has 1 aliphatic rings. The number of nitrogens with zero attached hydrogens (tertiary/aromatic N) is 3. The van der Waals surface area contributed by atoms with Gasteiger partial charge < -0.3 is 8.98 Å². The molecule has 0 aliphatic carbocycles. The second-order valence-electron chi connectivity index (χ2n) is 14.9. The van der Waals surface area contributed by atoms with Gasteiger partial charge in [0.15, 0.2) is 0 Å². The van der Waals surface area contributed by atoms with Crippen LogP contribution in [0.25, 0.3) is 82.0 Å². The molecule has 8 aromatic carbocycles. The number of para-hydroxylation sites is 4. The molecule has 2 unspecified atom stereocenters. The Morgan fingerprint density at radius 2 is 1.13 bits per heavy atom. The Bertz CT molecular complexity index is 3340. The number of aliphatic imine (C=N–C) groups is 1. The Balaban J connectivity index is 1.16. The third-order valence-electron chi connectivity index (χ3n) is 12.2. The van der Waals surface area contributed by atoms with Crippen LogP contribution >= 0.6 is 0 Å². The van der Waals surface area contributed by atoms with Gasteiger partial charge in [0.2, 0.25) is 0 Å². The fourth-order valence-electron chi connectivity index (χ4n) is 9.87. The summed E-state index contributed by atoms with van der Waals surface area (Å²) in [5.41, 5.74) is 11.3. The van der Waals surface area contributed by atoms with Crippen LogP contribution in [0.2, 0.25) is 0 Å². The van der Waals surface area contributed by atoms with Crippen molar-refractivity contribution in [3.63, 3.8) is 0 Å². The maximum Gasteiger partial charge on any atom is 0.135 e. The number of hydrogen-bond acceptors (Lipinski definition) is 2. The summed E-state index contributed by atoms with van der Waals surface area (Å²) in [7, 11) is 0. The molecular formula is C51H35N3O. The van der Waals surface area contributed by atoms with Gasteiger partial charge in [-0.3, -0.25) is 4.57 Å². The molecule has 3 aromatic heterocycles. The summed E-state index contributed by atoms with van der Waals surface area (Å²) in [5.74, 6) is 1.25. The zero-order chi connectivity index (χ0) is 36.2. The quantitative estimate of drug-likeness (QED) is 0.180. The number of fused-ring (bicyclic) bond motifs is 12. The summed E-state index contributed by atoms with van der Waals surface area (Å²) in [6.45, 7) is 2.32. The van der Waals surface area contributed by atoms with E-state index in [0.29, 0.717) is 0 Å². The van der Waals surface area contributed by atoms with Crippen molar-refractivity contribution in [1.29, 1.82) is 0 Å². The van der Waals surface area contributed by atoms with Gasteiger partial charge >= 0.3 is 0 Å². The van der Waals surface area contributed by atoms with E-state index in [1.165, 1.54) is 65.4 Å². The largest absolute Gasteiger partial charge is 0.456 e. The van der Waals surface area contributed by atoms with Gasteiger partial charge in [-0.05, 0) is 82.9 Å². The van der Waals surface area contributed by atoms with Crippen LogP contribution in [0.1, 0.15) is 30.4 Å². The van der Waals surface area contributed by atoms with Crippen molar-refractivity contribution in [3.05, 3.63) is 181 Å². The summed E-state index contributed by atoms with van der Waals surface area (Å²) in [6.07, 6.45) is 0.915. The van der Waals surface area contributed by atoms with Gasteiger partial charge in [-0.15, -0.1) is 0 Å². The first-order chi connectivity index (χ1) is 27.3. The molecule has 0 saturated carbocycles. The van der Waals surface area contributed by atoms with E-state index in [9.17, 15) is 0 Å². The van der Waals surface area contributed by atoms with E-state index >= 15 is 0 Å². The van der Waals surface area contributed by atoms with Crippen molar-refractivity contribution in [1.82, 2.24) is 9.13 Å². The van der Waals surface area contributed by atoms with E-state index in [1.807, 2.05) is 0 Å². The molecule has 0 spiro atoms. The van der Waals surface area contributed by atoms with Gasteiger partial charge in [0, 0.05) is 49.8 Å². The number of furan rings is 1. The SMILES string of the molecule is CCC1C(n2c3ccc(-n4c5ccccc5c5ccccc54)cc3c3c4ccccc4ccc32)=Nc2ccccc2C1c1cccc2oc3ccccc3c12. The highest BCUT2D eigenvalue weighted by Gasteiger charge is 2.37. The molecule has 0 fully saturated rings. The number of benzene rings is 8. The molecule has 4 nitrogen and oxygen atoms in total. The molecule has 12 rings (SSSR count). The lowest BCUT2D eigenvalue weighted by atomic mass is 9.75. The van der Waals surface area contributed by atoms with Crippen LogP contribution in [-0.2, 0) is 0 Å². The second-order valence-corrected chi connectivity index (χ2v) is 14.9. The average molecular weight is 706 g/mol. The Hall–Kier alpha value is -6.91. The van der Waals surface area contributed by atoms with Crippen LogP contribution in [0.3, 0.4) is 0 Å². The predicted octanol–water partition coefficient (Wildman–Crippen LogP) is 13.7. The lowest BCUT2D eigenvalue weighted by molar-refractivity contribution is 0.568. The number of aromatic nitrogens is 2. The highest BCUT2D eigenvalue weighted by Crippen LogP contribution is 2.49. The molecule has 1 aliphatic heterocycles. The molecule has 0 saturated heterocycles. The Labute approximate surface area is 317 Å². The highest BCUT2D eigenvalue weighted by atomic mass is 16.3. The molecule has 2 atom stereocenters. The smallest absolute Gasteiger partial charge is 0.135 e. The molecule has 11 aromatic rings. The predicted molar refractivity (Wildman–Crippen MR) is 230 cm³/mol. The molecule has 4 heteroatoms. The Kier molecular flexibility index (Phi) is 6.41. The lowest BCUT2D eigenvalue weighted by Gasteiger charge is -2.34. The Morgan fingerprint density at radius 3 is 1.95 bits per heavy atom.